The minimum atomic E-state index is -0.296. The summed E-state index contributed by atoms with van der Waals surface area (Å²) >= 11 is 1.38. The van der Waals surface area contributed by atoms with Crippen LogP contribution in [-0.4, -0.2) is 33.3 Å². The number of carbonyl (C=O) groups excluding carboxylic acids is 1. The summed E-state index contributed by atoms with van der Waals surface area (Å²) in [6.07, 6.45) is 0. The lowest BCUT2D eigenvalue weighted by Gasteiger charge is -2.21. The second kappa shape index (κ2) is 9.71. The third kappa shape index (κ3) is 4.91. The van der Waals surface area contributed by atoms with Crippen LogP contribution in [0, 0.1) is 5.82 Å². The Morgan fingerprint density at radius 1 is 0.935 bits per heavy atom. The molecule has 156 valence electrons. The standard InChI is InChI=1S/C25H22FN3OS/c1-2-29(16-18-9-8-12-20(26)15-18)23(30)17-31-25-22-14-7-6-13-21(22)24(27-28-25)19-10-4-3-5-11-19/h3-15H,2,16-17H2,1H3. The third-order valence-electron chi connectivity index (χ3n) is 5.03. The number of carbonyl (C=O) groups is 1. The molecule has 0 aliphatic heterocycles. The first-order valence-electron chi connectivity index (χ1n) is 10.1. The maximum Gasteiger partial charge on any atom is 0.233 e. The van der Waals surface area contributed by atoms with Crippen LogP contribution >= 0.6 is 11.8 Å². The summed E-state index contributed by atoms with van der Waals surface area (Å²) in [5.41, 5.74) is 2.61. The molecule has 0 aliphatic rings. The number of amides is 1. The largest absolute Gasteiger partial charge is 0.338 e. The predicted octanol–water partition coefficient (Wildman–Crippen LogP) is 5.58. The molecule has 3 aromatic carbocycles. The molecule has 4 aromatic rings. The van der Waals surface area contributed by atoms with Gasteiger partial charge in [-0.1, -0.05) is 78.5 Å². The topological polar surface area (TPSA) is 46.1 Å². The number of nitrogens with zero attached hydrogens (tertiary/aromatic N) is 3. The van der Waals surface area contributed by atoms with Crippen molar-refractivity contribution in [1.82, 2.24) is 15.1 Å². The van der Waals surface area contributed by atoms with E-state index in [1.165, 1.54) is 23.9 Å². The van der Waals surface area contributed by atoms with Gasteiger partial charge in [-0.15, -0.1) is 10.2 Å². The van der Waals surface area contributed by atoms with Gasteiger partial charge >= 0.3 is 0 Å². The first kappa shape index (κ1) is 21.0. The summed E-state index contributed by atoms with van der Waals surface area (Å²) in [6.45, 7) is 2.86. The van der Waals surface area contributed by atoms with Gasteiger partial charge in [-0.05, 0) is 24.6 Å². The van der Waals surface area contributed by atoms with E-state index in [4.69, 9.17) is 0 Å². The molecule has 0 bridgehead atoms. The number of halogens is 1. The molecule has 0 fully saturated rings. The normalized spacial score (nSPS) is 10.9. The van der Waals surface area contributed by atoms with E-state index in [9.17, 15) is 9.18 Å². The van der Waals surface area contributed by atoms with E-state index >= 15 is 0 Å². The molecule has 0 atom stereocenters. The average molecular weight is 432 g/mol. The first-order chi connectivity index (χ1) is 15.2. The zero-order valence-corrected chi connectivity index (χ0v) is 18.0. The van der Waals surface area contributed by atoms with Gasteiger partial charge in [-0.25, -0.2) is 4.39 Å². The van der Waals surface area contributed by atoms with Crippen LogP contribution in [0.15, 0.2) is 83.9 Å². The number of thioether (sulfide) groups is 1. The zero-order valence-electron chi connectivity index (χ0n) is 17.2. The average Bonchev–Trinajstić information content (AvgIpc) is 2.81. The highest BCUT2D eigenvalue weighted by atomic mass is 32.2. The molecule has 0 unspecified atom stereocenters. The SMILES string of the molecule is CCN(Cc1cccc(F)c1)C(=O)CSc1nnc(-c2ccccc2)c2ccccc12. The molecule has 0 saturated heterocycles. The van der Waals surface area contributed by atoms with Gasteiger partial charge in [0.05, 0.1) is 5.75 Å². The van der Waals surface area contributed by atoms with Crippen molar-refractivity contribution in [1.29, 1.82) is 0 Å². The Morgan fingerprint density at radius 3 is 2.42 bits per heavy atom. The van der Waals surface area contributed by atoms with E-state index in [0.29, 0.717) is 13.1 Å². The van der Waals surface area contributed by atoms with Gasteiger partial charge in [0.1, 0.15) is 16.5 Å². The van der Waals surface area contributed by atoms with Crippen LogP contribution in [0.5, 0.6) is 0 Å². The lowest BCUT2D eigenvalue weighted by atomic mass is 10.1. The molecule has 1 aromatic heterocycles. The zero-order chi connectivity index (χ0) is 21.6. The van der Waals surface area contributed by atoms with Crippen molar-refractivity contribution < 1.29 is 9.18 Å². The Labute approximate surface area is 185 Å². The van der Waals surface area contributed by atoms with Gasteiger partial charge in [0.2, 0.25) is 5.91 Å². The molecule has 0 N–H and O–H groups in total. The van der Waals surface area contributed by atoms with Crippen LogP contribution in [0.4, 0.5) is 4.39 Å². The van der Waals surface area contributed by atoms with Crippen molar-refractivity contribution in [3.63, 3.8) is 0 Å². The second-order valence-electron chi connectivity index (χ2n) is 7.09. The summed E-state index contributed by atoms with van der Waals surface area (Å²) in [5.74, 6) is -0.0719. The Kier molecular flexibility index (Phi) is 6.57. The van der Waals surface area contributed by atoms with Gasteiger partial charge in [0.15, 0.2) is 0 Å². The lowest BCUT2D eigenvalue weighted by molar-refractivity contribution is -0.128. The highest BCUT2D eigenvalue weighted by Crippen LogP contribution is 2.31. The van der Waals surface area contributed by atoms with E-state index in [1.54, 1.807) is 11.0 Å². The predicted molar refractivity (Wildman–Crippen MR) is 123 cm³/mol. The lowest BCUT2D eigenvalue weighted by Crippen LogP contribution is -2.31. The number of benzene rings is 3. The molecule has 1 amide bonds. The first-order valence-corrected chi connectivity index (χ1v) is 11.1. The highest BCUT2D eigenvalue weighted by Gasteiger charge is 2.16. The van der Waals surface area contributed by atoms with Gasteiger partial charge in [0, 0.05) is 29.4 Å². The molecule has 6 heteroatoms. The second-order valence-corrected chi connectivity index (χ2v) is 8.06. The summed E-state index contributed by atoms with van der Waals surface area (Å²) in [4.78, 5) is 14.5. The molecular formula is C25H22FN3OS. The van der Waals surface area contributed by atoms with Crippen molar-refractivity contribution in [2.75, 3.05) is 12.3 Å². The number of hydrogen-bond donors (Lipinski definition) is 0. The minimum Gasteiger partial charge on any atom is -0.338 e. The van der Waals surface area contributed by atoms with Crippen molar-refractivity contribution in [2.45, 2.75) is 18.5 Å². The Hall–Kier alpha value is -3.25. The van der Waals surface area contributed by atoms with Crippen molar-refractivity contribution >= 4 is 28.4 Å². The van der Waals surface area contributed by atoms with E-state index in [1.807, 2.05) is 67.6 Å². The van der Waals surface area contributed by atoms with E-state index < -0.39 is 0 Å². The summed E-state index contributed by atoms with van der Waals surface area (Å²) in [6, 6.07) is 24.3. The maximum absolute atomic E-state index is 13.5. The quantitative estimate of drug-likeness (QED) is 0.359. The Bertz CT molecular complexity index is 1200. The number of rotatable bonds is 7. The van der Waals surface area contributed by atoms with Gasteiger partial charge < -0.3 is 4.90 Å². The van der Waals surface area contributed by atoms with Crippen molar-refractivity contribution in [2.24, 2.45) is 0 Å². The molecule has 4 nitrogen and oxygen atoms in total. The monoisotopic (exact) mass is 431 g/mol. The fourth-order valence-corrected chi connectivity index (χ4v) is 4.32. The maximum atomic E-state index is 13.5. The van der Waals surface area contributed by atoms with Crippen LogP contribution in [-0.2, 0) is 11.3 Å². The van der Waals surface area contributed by atoms with Crippen LogP contribution in [0.1, 0.15) is 12.5 Å². The van der Waals surface area contributed by atoms with E-state index in [0.717, 1.165) is 32.6 Å². The Balaban J connectivity index is 1.53. The Morgan fingerprint density at radius 2 is 1.68 bits per heavy atom. The van der Waals surface area contributed by atoms with Gasteiger partial charge in [-0.3, -0.25) is 4.79 Å². The van der Waals surface area contributed by atoms with Crippen molar-refractivity contribution in [3.05, 3.63) is 90.2 Å². The third-order valence-corrected chi connectivity index (χ3v) is 6.00. The fraction of sp³-hybridized carbons (Fsp3) is 0.160. The molecule has 31 heavy (non-hydrogen) atoms. The molecule has 0 spiro atoms. The molecular weight excluding hydrogens is 409 g/mol. The molecule has 0 radical (unpaired) electrons. The van der Waals surface area contributed by atoms with Crippen LogP contribution in [0.3, 0.4) is 0 Å². The summed E-state index contributed by atoms with van der Waals surface area (Å²) in [5, 5.41) is 11.6. The van der Waals surface area contributed by atoms with E-state index in [-0.39, 0.29) is 17.5 Å². The van der Waals surface area contributed by atoms with Crippen LogP contribution in [0.25, 0.3) is 22.0 Å². The van der Waals surface area contributed by atoms with E-state index in [2.05, 4.69) is 10.2 Å². The number of fused-ring (bicyclic) bond motifs is 1. The minimum absolute atomic E-state index is 0.0187. The fourth-order valence-electron chi connectivity index (χ4n) is 3.45. The van der Waals surface area contributed by atoms with Crippen molar-refractivity contribution in [3.8, 4) is 11.3 Å². The molecule has 4 rings (SSSR count). The smallest absolute Gasteiger partial charge is 0.233 e. The highest BCUT2D eigenvalue weighted by molar-refractivity contribution is 8.00. The summed E-state index contributed by atoms with van der Waals surface area (Å²) < 4.78 is 13.5. The van der Waals surface area contributed by atoms with Crippen LogP contribution < -0.4 is 0 Å². The number of aromatic nitrogens is 2. The summed E-state index contributed by atoms with van der Waals surface area (Å²) in [7, 11) is 0. The van der Waals surface area contributed by atoms with Gasteiger partial charge in [-0.2, -0.15) is 0 Å². The molecule has 0 aliphatic carbocycles. The van der Waals surface area contributed by atoms with Gasteiger partial charge in [0.25, 0.3) is 0 Å². The number of hydrogen-bond acceptors (Lipinski definition) is 4. The van der Waals surface area contributed by atoms with Crippen LogP contribution in [0.2, 0.25) is 0 Å². The molecule has 0 saturated carbocycles. The molecule has 1 heterocycles.